The van der Waals surface area contributed by atoms with E-state index >= 15 is 0 Å². The number of fused-ring (bicyclic) bond motifs is 1. The molecule has 2 N–H and O–H groups in total. The molecule has 3 aromatic rings. The lowest BCUT2D eigenvalue weighted by molar-refractivity contribution is 0.0946. The Morgan fingerprint density at radius 1 is 1.30 bits per heavy atom. The van der Waals surface area contributed by atoms with Crippen LogP contribution in [0.1, 0.15) is 30.1 Å². The molecule has 9 nitrogen and oxygen atoms in total. The van der Waals surface area contributed by atoms with Gasteiger partial charge in [0.05, 0.1) is 24.0 Å². The predicted molar refractivity (Wildman–Crippen MR) is 95.5 cm³/mol. The number of rotatable bonds is 4. The van der Waals surface area contributed by atoms with Gasteiger partial charge in [-0.25, -0.2) is 15.0 Å². The number of halogens is 1. The normalized spacial score (nSPS) is 20.0. The molecule has 0 radical (unpaired) electrons. The van der Waals surface area contributed by atoms with E-state index < -0.39 is 5.95 Å². The van der Waals surface area contributed by atoms with Gasteiger partial charge in [0, 0.05) is 19.3 Å². The molecule has 140 valence electrons. The molecule has 1 aliphatic heterocycles. The van der Waals surface area contributed by atoms with Crippen LogP contribution in [0, 0.1) is 11.9 Å². The first-order valence-corrected chi connectivity index (χ1v) is 8.81. The highest BCUT2D eigenvalue weighted by Crippen LogP contribution is 2.26. The van der Waals surface area contributed by atoms with E-state index in [0.29, 0.717) is 35.0 Å². The number of carbonyl (C=O) groups excluding carboxylic acids is 1. The van der Waals surface area contributed by atoms with Crippen molar-refractivity contribution in [2.75, 3.05) is 18.0 Å². The van der Waals surface area contributed by atoms with E-state index in [4.69, 9.17) is 0 Å². The minimum Gasteiger partial charge on any atom is -0.350 e. The fourth-order valence-corrected chi connectivity index (χ4v) is 3.46. The Morgan fingerprint density at radius 2 is 2.19 bits per heavy atom. The van der Waals surface area contributed by atoms with Gasteiger partial charge in [0.2, 0.25) is 11.6 Å². The van der Waals surface area contributed by atoms with Gasteiger partial charge in [-0.15, -0.1) is 5.10 Å². The van der Waals surface area contributed by atoms with Gasteiger partial charge in [-0.3, -0.25) is 4.79 Å². The number of pyridine rings is 1. The number of carbonyl (C=O) groups is 1. The van der Waals surface area contributed by atoms with Crippen molar-refractivity contribution >= 4 is 22.9 Å². The maximum atomic E-state index is 13.1. The number of hydrogen-bond acceptors (Lipinski definition) is 7. The Labute approximate surface area is 154 Å². The molecule has 10 heteroatoms. The smallest absolute Gasteiger partial charge is 0.253 e. The maximum absolute atomic E-state index is 13.1. The third-order valence-electron chi connectivity index (χ3n) is 4.92. The molecule has 1 fully saturated rings. The Bertz CT molecular complexity index is 944. The Balaban J connectivity index is 1.48. The summed E-state index contributed by atoms with van der Waals surface area (Å²) < 4.78 is 13.1. The van der Waals surface area contributed by atoms with Crippen molar-refractivity contribution in [3.05, 3.63) is 36.2 Å². The van der Waals surface area contributed by atoms with Crippen LogP contribution in [0.15, 0.2) is 24.7 Å². The number of nitrogens with zero attached hydrogens (tertiary/aromatic N) is 6. The molecule has 27 heavy (non-hydrogen) atoms. The minimum atomic E-state index is -0.607. The largest absolute Gasteiger partial charge is 0.350 e. The first-order chi connectivity index (χ1) is 13.1. The van der Waals surface area contributed by atoms with Gasteiger partial charge in [0.1, 0.15) is 11.3 Å². The zero-order valence-corrected chi connectivity index (χ0v) is 14.8. The molecule has 2 unspecified atom stereocenters. The number of nitrogens with one attached hydrogen (secondary N) is 2. The van der Waals surface area contributed by atoms with Gasteiger partial charge in [0.15, 0.2) is 0 Å². The van der Waals surface area contributed by atoms with Gasteiger partial charge in [0.25, 0.3) is 5.91 Å². The van der Waals surface area contributed by atoms with Crippen molar-refractivity contribution in [1.82, 2.24) is 35.7 Å². The second-order valence-corrected chi connectivity index (χ2v) is 6.68. The summed E-state index contributed by atoms with van der Waals surface area (Å²) in [5.74, 6) is 0.134. The summed E-state index contributed by atoms with van der Waals surface area (Å²) >= 11 is 0. The number of piperidine rings is 1. The third-order valence-corrected chi connectivity index (χ3v) is 4.92. The fraction of sp³-hybridized carbons (Fsp3) is 0.412. The predicted octanol–water partition coefficient (Wildman–Crippen LogP) is 1.32. The molecular formula is C17H19FN8O. The molecule has 0 aromatic carbocycles. The average Bonchev–Trinajstić information content (AvgIpc) is 3.15. The van der Waals surface area contributed by atoms with Crippen LogP contribution in [0.2, 0.25) is 0 Å². The van der Waals surface area contributed by atoms with Crippen LogP contribution in [-0.2, 0) is 0 Å². The summed E-state index contributed by atoms with van der Waals surface area (Å²) in [6.07, 6.45) is 6.09. The van der Waals surface area contributed by atoms with Crippen LogP contribution < -0.4 is 10.2 Å². The Kier molecular flexibility index (Phi) is 4.61. The average molecular weight is 370 g/mol. The highest BCUT2D eigenvalue weighted by atomic mass is 19.1. The van der Waals surface area contributed by atoms with E-state index in [1.54, 1.807) is 6.07 Å². The molecular weight excluding hydrogens is 351 g/mol. The highest BCUT2D eigenvalue weighted by Gasteiger charge is 2.30. The number of aromatic amines is 1. The molecule has 0 aliphatic carbocycles. The number of H-pyrrole nitrogens is 1. The SMILES string of the molecule is CC1CCCN(c2cnc(F)cn2)C1CNC(=O)c1cnc2n[nH]nc2c1. The summed E-state index contributed by atoms with van der Waals surface area (Å²) in [6.45, 7) is 3.37. The Morgan fingerprint density at radius 3 is 3.00 bits per heavy atom. The fourth-order valence-electron chi connectivity index (χ4n) is 3.46. The highest BCUT2D eigenvalue weighted by molar-refractivity contribution is 5.96. The molecule has 1 aliphatic rings. The van der Waals surface area contributed by atoms with E-state index in [9.17, 15) is 9.18 Å². The molecule has 0 bridgehead atoms. The standard InChI is InChI=1S/C17H19FN8O/c1-10-3-2-4-26(15-9-19-14(18)8-20-15)13(10)7-22-17(27)11-5-12-16(21-6-11)24-25-23-12/h5-6,8-10,13H,2-4,7H2,1H3,(H,22,27)(H,21,23,24,25). The van der Waals surface area contributed by atoms with E-state index in [1.807, 2.05) is 0 Å². The van der Waals surface area contributed by atoms with Crippen LogP contribution in [0.25, 0.3) is 11.2 Å². The van der Waals surface area contributed by atoms with Crippen molar-refractivity contribution < 1.29 is 9.18 Å². The van der Waals surface area contributed by atoms with Crippen molar-refractivity contribution in [2.24, 2.45) is 5.92 Å². The number of amides is 1. The number of hydrogen-bond donors (Lipinski definition) is 2. The van der Waals surface area contributed by atoms with E-state index in [0.717, 1.165) is 25.6 Å². The molecule has 2 atom stereocenters. The van der Waals surface area contributed by atoms with Crippen LogP contribution in [-0.4, -0.2) is 55.4 Å². The minimum absolute atomic E-state index is 0.0474. The second kappa shape index (κ2) is 7.22. The molecule has 1 saturated heterocycles. The van der Waals surface area contributed by atoms with Crippen LogP contribution >= 0.6 is 0 Å². The summed E-state index contributed by atoms with van der Waals surface area (Å²) in [5, 5.41) is 13.3. The quantitative estimate of drug-likeness (QED) is 0.712. The summed E-state index contributed by atoms with van der Waals surface area (Å²) in [7, 11) is 0. The lowest BCUT2D eigenvalue weighted by atomic mass is 9.90. The van der Waals surface area contributed by atoms with Crippen molar-refractivity contribution in [3.8, 4) is 0 Å². The molecule has 3 aromatic heterocycles. The number of anilines is 1. The monoisotopic (exact) mass is 370 g/mol. The third kappa shape index (κ3) is 3.55. The molecule has 0 spiro atoms. The molecule has 0 saturated carbocycles. The van der Waals surface area contributed by atoms with Crippen molar-refractivity contribution in [3.63, 3.8) is 0 Å². The molecule has 4 rings (SSSR count). The first kappa shape index (κ1) is 17.3. The van der Waals surface area contributed by atoms with E-state index in [-0.39, 0.29) is 11.9 Å². The lowest BCUT2D eigenvalue weighted by Gasteiger charge is -2.40. The van der Waals surface area contributed by atoms with E-state index in [1.165, 1.54) is 12.4 Å². The van der Waals surface area contributed by atoms with Gasteiger partial charge < -0.3 is 10.2 Å². The first-order valence-electron chi connectivity index (χ1n) is 8.81. The van der Waals surface area contributed by atoms with Gasteiger partial charge in [-0.1, -0.05) is 6.92 Å². The summed E-state index contributed by atoms with van der Waals surface area (Å²) in [5.41, 5.74) is 1.43. The molecule has 4 heterocycles. The van der Waals surface area contributed by atoms with Gasteiger partial charge >= 0.3 is 0 Å². The van der Waals surface area contributed by atoms with Crippen molar-refractivity contribution in [1.29, 1.82) is 0 Å². The number of aromatic nitrogens is 6. The summed E-state index contributed by atoms with van der Waals surface area (Å²) in [4.78, 5) is 26.6. The van der Waals surface area contributed by atoms with Crippen LogP contribution in [0.3, 0.4) is 0 Å². The maximum Gasteiger partial charge on any atom is 0.253 e. The van der Waals surface area contributed by atoms with E-state index in [2.05, 4.69) is 47.5 Å². The summed E-state index contributed by atoms with van der Waals surface area (Å²) in [6, 6.07) is 1.69. The zero-order valence-electron chi connectivity index (χ0n) is 14.8. The van der Waals surface area contributed by atoms with Crippen molar-refractivity contribution in [2.45, 2.75) is 25.8 Å². The van der Waals surface area contributed by atoms with Gasteiger partial charge in [-0.2, -0.15) is 14.7 Å². The van der Waals surface area contributed by atoms with Gasteiger partial charge in [-0.05, 0) is 24.8 Å². The topological polar surface area (TPSA) is 113 Å². The Hall–Kier alpha value is -3.17. The van der Waals surface area contributed by atoms with Crippen LogP contribution in [0.4, 0.5) is 10.2 Å². The zero-order chi connectivity index (χ0) is 18.8. The molecule has 1 amide bonds. The van der Waals surface area contributed by atoms with Crippen LogP contribution in [0.5, 0.6) is 0 Å². The second-order valence-electron chi connectivity index (χ2n) is 6.68. The lowest BCUT2D eigenvalue weighted by Crippen LogP contribution is -2.51.